The van der Waals surface area contributed by atoms with Gasteiger partial charge in [-0.15, -0.1) is 0 Å². The zero-order valence-electron chi connectivity index (χ0n) is 24.5. The fourth-order valence-corrected chi connectivity index (χ4v) is 5.30. The number of rotatable bonds is 14. The van der Waals surface area contributed by atoms with Gasteiger partial charge in [-0.1, -0.05) is 61.5 Å². The van der Waals surface area contributed by atoms with Crippen molar-refractivity contribution in [3.05, 3.63) is 95.6 Å². The lowest BCUT2D eigenvalue weighted by Gasteiger charge is -2.34. The molecule has 0 saturated carbocycles. The van der Waals surface area contributed by atoms with E-state index in [2.05, 4.69) is 5.32 Å². The van der Waals surface area contributed by atoms with Gasteiger partial charge >= 0.3 is 0 Å². The van der Waals surface area contributed by atoms with E-state index in [1.165, 1.54) is 4.90 Å². The fourth-order valence-electron chi connectivity index (χ4n) is 4.46. The lowest BCUT2D eigenvalue weighted by atomic mass is 10.0. The number of nitrogens with zero attached hydrogens (tertiary/aromatic N) is 2. The van der Waals surface area contributed by atoms with E-state index in [4.69, 9.17) is 4.74 Å². The summed E-state index contributed by atoms with van der Waals surface area (Å²) in [5, 5.41) is 3.04. The van der Waals surface area contributed by atoms with Gasteiger partial charge in [0.25, 0.3) is 0 Å². The molecule has 41 heavy (non-hydrogen) atoms. The standard InChI is InChI=1S/C32H41N3O5S/c1-6-25(4)33-32(37)30(21-26-14-9-8-10-15-26)34(22-27-16-12-11-13-24(27)3)31(36)23-35(41(5,38)39)28-17-19-29(20-18-28)40-7-2/h8-20,25,30H,6-7,21-23H2,1-5H3,(H,33,37)/t25-,30+/m0/s1. The molecule has 220 valence electrons. The molecular formula is C32H41N3O5S. The minimum absolute atomic E-state index is 0.0902. The molecule has 0 spiro atoms. The third-order valence-electron chi connectivity index (χ3n) is 6.99. The number of anilines is 1. The maximum atomic E-state index is 14.2. The molecule has 3 aromatic carbocycles. The summed E-state index contributed by atoms with van der Waals surface area (Å²) < 4.78 is 32.4. The normalized spacial score (nSPS) is 12.7. The number of nitrogens with one attached hydrogen (secondary N) is 1. The smallest absolute Gasteiger partial charge is 0.244 e. The molecule has 0 heterocycles. The minimum atomic E-state index is -3.84. The number of benzene rings is 3. The molecule has 0 aliphatic carbocycles. The Hall–Kier alpha value is -3.85. The molecule has 0 aliphatic rings. The first-order valence-corrected chi connectivity index (χ1v) is 15.8. The Balaban J connectivity index is 2.05. The lowest BCUT2D eigenvalue weighted by Crippen LogP contribution is -2.54. The van der Waals surface area contributed by atoms with E-state index in [0.29, 0.717) is 18.0 Å². The average Bonchev–Trinajstić information content (AvgIpc) is 2.95. The SMILES string of the molecule is CCOc1ccc(N(CC(=O)N(Cc2ccccc2C)[C@H](Cc2ccccc2)C(=O)N[C@@H](C)CC)S(C)(=O)=O)cc1. The first-order valence-electron chi connectivity index (χ1n) is 13.9. The van der Waals surface area contributed by atoms with Crippen molar-refractivity contribution in [2.75, 3.05) is 23.7 Å². The molecule has 0 radical (unpaired) electrons. The molecule has 0 aromatic heterocycles. The summed E-state index contributed by atoms with van der Waals surface area (Å²) in [5.74, 6) is -0.160. The predicted molar refractivity (Wildman–Crippen MR) is 163 cm³/mol. The topological polar surface area (TPSA) is 96.0 Å². The molecule has 0 aliphatic heterocycles. The van der Waals surface area contributed by atoms with E-state index in [1.54, 1.807) is 24.3 Å². The van der Waals surface area contributed by atoms with Gasteiger partial charge in [0.2, 0.25) is 21.8 Å². The van der Waals surface area contributed by atoms with E-state index >= 15 is 0 Å². The summed E-state index contributed by atoms with van der Waals surface area (Å²) in [4.78, 5) is 29.4. The third-order valence-corrected chi connectivity index (χ3v) is 8.13. The van der Waals surface area contributed by atoms with E-state index in [0.717, 1.165) is 33.7 Å². The van der Waals surface area contributed by atoms with Crippen LogP contribution in [-0.4, -0.2) is 56.6 Å². The molecule has 0 saturated heterocycles. The van der Waals surface area contributed by atoms with Crippen LogP contribution in [0.3, 0.4) is 0 Å². The predicted octanol–water partition coefficient (Wildman–Crippen LogP) is 4.71. The first kappa shape index (κ1) is 31.7. The van der Waals surface area contributed by atoms with E-state index in [1.807, 2.05) is 82.3 Å². The molecule has 0 fully saturated rings. The molecule has 8 nitrogen and oxygen atoms in total. The Labute approximate surface area is 244 Å². The number of ether oxygens (including phenoxy) is 1. The zero-order valence-corrected chi connectivity index (χ0v) is 25.4. The minimum Gasteiger partial charge on any atom is -0.494 e. The van der Waals surface area contributed by atoms with Crippen LogP contribution in [0.4, 0.5) is 5.69 Å². The van der Waals surface area contributed by atoms with Gasteiger partial charge in [-0.2, -0.15) is 0 Å². The number of sulfonamides is 1. The molecular weight excluding hydrogens is 538 g/mol. The van der Waals surface area contributed by atoms with Crippen molar-refractivity contribution in [3.63, 3.8) is 0 Å². The highest BCUT2D eigenvalue weighted by atomic mass is 32.2. The summed E-state index contributed by atoms with van der Waals surface area (Å²) in [7, 11) is -3.84. The van der Waals surface area contributed by atoms with Gasteiger partial charge in [0.05, 0.1) is 18.6 Å². The Bertz CT molecular complexity index is 1390. The molecule has 0 unspecified atom stereocenters. The molecule has 3 aromatic rings. The Morgan fingerprint density at radius 3 is 2.15 bits per heavy atom. The lowest BCUT2D eigenvalue weighted by molar-refractivity contribution is -0.140. The van der Waals surface area contributed by atoms with Crippen molar-refractivity contribution in [1.82, 2.24) is 10.2 Å². The second-order valence-corrected chi connectivity index (χ2v) is 12.1. The monoisotopic (exact) mass is 579 g/mol. The maximum absolute atomic E-state index is 14.2. The van der Waals surface area contributed by atoms with Crippen molar-refractivity contribution >= 4 is 27.5 Å². The molecule has 1 N–H and O–H groups in total. The number of aryl methyl sites for hydroxylation is 1. The Kier molecular flexibility index (Phi) is 11.3. The third kappa shape index (κ3) is 9.08. The van der Waals surface area contributed by atoms with Crippen molar-refractivity contribution in [1.29, 1.82) is 0 Å². The van der Waals surface area contributed by atoms with Crippen LogP contribution in [0.5, 0.6) is 5.75 Å². The van der Waals surface area contributed by atoms with Crippen LogP contribution in [0.1, 0.15) is 43.9 Å². The summed E-state index contributed by atoms with van der Waals surface area (Å²) in [6, 6.07) is 22.8. The summed E-state index contributed by atoms with van der Waals surface area (Å²) in [5.41, 5.74) is 3.08. The van der Waals surface area contributed by atoms with Crippen LogP contribution in [0, 0.1) is 6.92 Å². The maximum Gasteiger partial charge on any atom is 0.244 e. The van der Waals surface area contributed by atoms with Gasteiger partial charge in [-0.3, -0.25) is 13.9 Å². The second kappa shape index (κ2) is 14.7. The second-order valence-electron chi connectivity index (χ2n) is 10.2. The first-order chi connectivity index (χ1) is 19.5. The van der Waals surface area contributed by atoms with Gasteiger partial charge in [0.1, 0.15) is 18.3 Å². The molecule has 2 amide bonds. The van der Waals surface area contributed by atoms with E-state index < -0.39 is 28.5 Å². The van der Waals surface area contributed by atoms with Gasteiger partial charge in [-0.25, -0.2) is 8.42 Å². The van der Waals surface area contributed by atoms with Crippen molar-refractivity contribution in [2.45, 2.75) is 59.2 Å². The Morgan fingerprint density at radius 1 is 0.927 bits per heavy atom. The summed E-state index contributed by atoms with van der Waals surface area (Å²) in [6.45, 7) is 7.88. The van der Waals surface area contributed by atoms with Crippen molar-refractivity contribution in [2.24, 2.45) is 0 Å². The average molecular weight is 580 g/mol. The van der Waals surface area contributed by atoms with Gasteiger partial charge in [0, 0.05) is 19.0 Å². The quantitative estimate of drug-likeness (QED) is 0.298. The van der Waals surface area contributed by atoms with Crippen LogP contribution < -0.4 is 14.4 Å². The number of hydrogen-bond acceptors (Lipinski definition) is 5. The highest BCUT2D eigenvalue weighted by molar-refractivity contribution is 7.92. The largest absolute Gasteiger partial charge is 0.494 e. The van der Waals surface area contributed by atoms with Crippen LogP contribution in [0.25, 0.3) is 0 Å². The Morgan fingerprint density at radius 2 is 1.56 bits per heavy atom. The summed E-state index contributed by atoms with van der Waals surface area (Å²) >= 11 is 0. The van der Waals surface area contributed by atoms with Crippen molar-refractivity contribution < 1.29 is 22.7 Å². The molecule has 9 heteroatoms. The van der Waals surface area contributed by atoms with Crippen LogP contribution in [-0.2, 0) is 32.6 Å². The van der Waals surface area contributed by atoms with E-state index in [-0.39, 0.29) is 24.9 Å². The van der Waals surface area contributed by atoms with Crippen LogP contribution >= 0.6 is 0 Å². The van der Waals surface area contributed by atoms with Crippen LogP contribution in [0.2, 0.25) is 0 Å². The highest BCUT2D eigenvalue weighted by Crippen LogP contribution is 2.23. The van der Waals surface area contributed by atoms with Gasteiger partial charge in [0.15, 0.2) is 0 Å². The molecule has 3 rings (SSSR count). The summed E-state index contributed by atoms with van der Waals surface area (Å²) in [6.07, 6.45) is 2.08. The van der Waals surface area contributed by atoms with Crippen LogP contribution in [0.15, 0.2) is 78.9 Å². The van der Waals surface area contributed by atoms with E-state index in [9.17, 15) is 18.0 Å². The number of hydrogen-bond donors (Lipinski definition) is 1. The molecule has 0 bridgehead atoms. The highest BCUT2D eigenvalue weighted by Gasteiger charge is 2.33. The number of carbonyl (C=O) groups is 2. The van der Waals surface area contributed by atoms with Gasteiger partial charge in [-0.05, 0) is 68.1 Å². The number of carbonyl (C=O) groups excluding carboxylic acids is 2. The van der Waals surface area contributed by atoms with Crippen molar-refractivity contribution in [3.8, 4) is 5.75 Å². The van der Waals surface area contributed by atoms with Gasteiger partial charge < -0.3 is 15.0 Å². The fraction of sp³-hybridized carbons (Fsp3) is 0.375. The molecule has 2 atom stereocenters. The number of amides is 2. The zero-order chi connectivity index (χ0) is 30.0.